The van der Waals surface area contributed by atoms with Crippen LogP contribution in [-0.4, -0.2) is 99.1 Å². The lowest BCUT2D eigenvalue weighted by Crippen LogP contribution is -2.53. The van der Waals surface area contributed by atoms with Crippen LogP contribution < -0.4 is 14.2 Å². The first-order valence-corrected chi connectivity index (χ1v) is 18.3. The fourth-order valence-electron chi connectivity index (χ4n) is 7.70. The van der Waals surface area contributed by atoms with Crippen molar-refractivity contribution < 1.29 is 38.4 Å². The highest BCUT2D eigenvalue weighted by Crippen LogP contribution is 2.36. The number of nitrogens with zero attached hydrogens (tertiary/aromatic N) is 2. The van der Waals surface area contributed by atoms with Gasteiger partial charge in [0.2, 0.25) is 5.91 Å². The molecular formula is C39H56N2O8. The van der Waals surface area contributed by atoms with Crippen LogP contribution in [0.2, 0.25) is 0 Å². The highest BCUT2D eigenvalue weighted by atomic mass is 16.5. The molecule has 0 aromatic heterocycles. The Morgan fingerprint density at radius 1 is 0.918 bits per heavy atom. The number of piperidine rings is 1. The van der Waals surface area contributed by atoms with E-state index in [0.29, 0.717) is 43.9 Å². The van der Waals surface area contributed by atoms with E-state index in [0.717, 1.165) is 88.2 Å². The number of hydrogen-bond donors (Lipinski definition) is 1. The van der Waals surface area contributed by atoms with Crippen molar-refractivity contribution in [3.63, 3.8) is 0 Å². The molecule has 2 aromatic carbocycles. The Kier molecular flexibility index (Phi) is 14.0. The lowest BCUT2D eigenvalue weighted by molar-refractivity contribution is -0.165. The molecule has 3 aliphatic rings. The summed E-state index contributed by atoms with van der Waals surface area (Å²) in [6, 6.07) is 12.9. The normalized spacial score (nSPS) is 21.0. The number of aryl methyl sites for hydroxylation is 1. The maximum atomic E-state index is 14.1. The lowest BCUT2D eigenvalue weighted by atomic mass is 9.76. The third kappa shape index (κ3) is 10.1. The van der Waals surface area contributed by atoms with Crippen molar-refractivity contribution in [3.05, 3.63) is 53.6 Å². The molecule has 1 saturated carbocycles. The SMILES string of the molecule is COc1ccc(CCC(OC(=O)[C@@H]2CCCCN2C(=O)[C@@H](C2CCCCC2)[C@@H](C)O)c2cccc(OCCN3CCOCC3)c2)cc1OC. The number of benzene rings is 2. The standard InChI is InChI=1S/C39H56N2O8/c1-28(42)37(30-10-5-4-6-11-30)38(43)41-19-8-7-14-33(41)39(44)49-34(17-15-29-16-18-35(45-2)36(26-29)46-3)31-12-9-13-32(27-31)48-25-22-40-20-23-47-24-21-40/h9,12-13,16,18,26-28,30,33-34,37,42H,4-8,10-11,14-15,17,19-25H2,1-3H3/t28-,33+,34?,37-/m1/s1. The van der Waals surface area contributed by atoms with Gasteiger partial charge in [0.15, 0.2) is 11.5 Å². The molecule has 1 aliphatic carbocycles. The van der Waals surface area contributed by atoms with Crippen LogP contribution in [0.15, 0.2) is 42.5 Å². The summed E-state index contributed by atoms with van der Waals surface area (Å²) >= 11 is 0. The van der Waals surface area contributed by atoms with E-state index in [9.17, 15) is 14.7 Å². The van der Waals surface area contributed by atoms with Crippen LogP contribution in [0.1, 0.15) is 81.9 Å². The summed E-state index contributed by atoms with van der Waals surface area (Å²) in [5.41, 5.74) is 1.87. The molecule has 1 amide bonds. The molecule has 3 fully saturated rings. The molecule has 2 aliphatic heterocycles. The molecule has 2 heterocycles. The third-order valence-electron chi connectivity index (χ3n) is 10.4. The summed E-state index contributed by atoms with van der Waals surface area (Å²) in [6.45, 7) is 6.86. The van der Waals surface area contributed by atoms with E-state index in [1.54, 1.807) is 26.0 Å². The van der Waals surface area contributed by atoms with Crippen molar-refractivity contribution in [2.24, 2.45) is 11.8 Å². The second-order valence-electron chi connectivity index (χ2n) is 13.7. The summed E-state index contributed by atoms with van der Waals surface area (Å²) in [7, 11) is 3.23. The van der Waals surface area contributed by atoms with Crippen molar-refractivity contribution in [1.29, 1.82) is 0 Å². The number of likely N-dealkylation sites (tertiary alicyclic amines) is 1. The Balaban J connectivity index is 1.33. The average Bonchev–Trinajstić information content (AvgIpc) is 3.14. The Labute approximate surface area is 292 Å². The largest absolute Gasteiger partial charge is 0.493 e. The fraction of sp³-hybridized carbons (Fsp3) is 0.641. The van der Waals surface area contributed by atoms with Gasteiger partial charge in [-0.1, -0.05) is 37.5 Å². The minimum atomic E-state index is -0.769. The van der Waals surface area contributed by atoms with Crippen LogP contribution in [-0.2, 0) is 25.5 Å². The molecule has 49 heavy (non-hydrogen) atoms. The Hall–Kier alpha value is -3.34. The summed E-state index contributed by atoms with van der Waals surface area (Å²) in [5.74, 6) is 1.16. The molecular weight excluding hydrogens is 624 g/mol. The van der Waals surface area contributed by atoms with Gasteiger partial charge in [-0.05, 0) is 93.2 Å². The molecule has 0 spiro atoms. The third-order valence-corrected chi connectivity index (χ3v) is 10.4. The Morgan fingerprint density at radius 3 is 2.41 bits per heavy atom. The maximum absolute atomic E-state index is 14.1. The van der Waals surface area contributed by atoms with Crippen LogP contribution in [0.25, 0.3) is 0 Å². The van der Waals surface area contributed by atoms with Gasteiger partial charge in [-0.15, -0.1) is 0 Å². The van der Waals surface area contributed by atoms with E-state index in [1.807, 2.05) is 42.5 Å². The van der Waals surface area contributed by atoms with Gasteiger partial charge in [0.05, 0.1) is 39.5 Å². The second kappa shape index (κ2) is 18.6. The van der Waals surface area contributed by atoms with Gasteiger partial charge in [-0.25, -0.2) is 4.79 Å². The topological polar surface area (TPSA) is 107 Å². The smallest absolute Gasteiger partial charge is 0.329 e. The lowest BCUT2D eigenvalue weighted by Gasteiger charge is -2.40. The minimum Gasteiger partial charge on any atom is -0.493 e. The van der Waals surface area contributed by atoms with Crippen LogP contribution in [0.5, 0.6) is 17.2 Å². The number of ether oxygens (including phenoxy) is 5. The summed E-state index contributed by atoms with van der Waals surface area (Å²) in [6.07, 6.45) is 7.23. The molecule has 270 valence electrons. The van der Waals surface area contributed by atoms with E-state index in [1.165, 1.54) is 6.42 Å². The number of carbonyl (C=O) groups is 2. The summed E-state index contributed by atoms with van der Waals surface area (Å²) in [4.78, 5) is 32.3. The molecule has 2 aromatic rings. The zero-order chi connectivity index (χ0) is 34.6. The van der Waals surface area contributed by atoms with Gasteiger partial charge in [-0.2, -0.15) is 0 Å². The van der Waals surface area contributed by atoms with Crippen molar-refractivity contribution in [3.8, 4) is 17.2 Å². The van der Waals surface area contributed by atoms with E-state index < -0.39 is 30.1 Å². The zero-order valence-corrected chi connectivity index (χ0v) is 29.6. The number of esters is 1. The Bertz CT molecular complexity index is 1340. The van der Waals surface area contributed by atoms with Gasteiger partial charge >= 0.3 is 5.97 Å². The number of rotatable bonds is 15. The molecule has 10 heteroatoms. The molecule has 2 saturated heterocycles. The predicted octanol–water partition coefficient (Wildman–Crippen LogP) is 5.59. The van der Waals surface area contributed by atoms with Gasteiger partial charge in [0, 0.05) is 26.2 Å². The van der Waals surface area contributed by atoms with Crippen LogP contribution in [0.4, 0.5) is 0 Å². The number of aliphatic hydroxyl groups excluding tert-OH is 1. The van der Waals surface area contributed by atoms with Crippen LogP contribution in [0.3, 0.4) is 0 Å². The highest BCUT2D eigenvalue weighted by Gasteiger charge is 2.41. The predicted molar refractivity (Wildman–Crippen MR) is 187 cm³/mol. The number of aliphatic hydroxyl groups is 1. The van der Waals surface area contributed by atoms with Gasteiger partial charge < -0.3 is 33.7 Å². The molecule has 0 bridgehead atoms. The minimum absolute atomic E-state index is 0.110. The number of methoxy groups -OCH3 is 2. The van der Waals surface area contributed by atoms with Crippen molar-refractivity contribution in [1.82, 2.24) is 9.80 Å². The first-order valence-electron chi connectivity index (χ1n) is 18.3. The van der Waals surface area contributed by atoms with Crippen LogP contribution >= 0.6 is 0 Å². The van der Waals surface area contributed by atoms with Gasteiger partial charge in [0.1, 0.15) is 24.5 Å². The molecule has 0 radical (unpaired) electrons. The number of morpholine rings is 1. The quantitative estimate of drug-likeness (QED) is 0.241. The van der Waals surface area contributed by atoms with E-state index >= 15 is 0 Å². The van der Waals surface area contributed by atoms with E-state index in [4.69, 9.17) is 23.7 Å². The molecule has 1 unspecified atom stereocenters. The highest BCUT2D eigenvalue weighted by molar-refractivity contribution is 5.86. The molecule has 1 N–H and O–H groups in total. The van der Waals surface area contributed by atoms with Crippen molar-refractivity contribution in [2.75, 3.05) is 60.2 Å². The van der Waals surface area contributed by atoms with Crippen molar-refractivity contribution in [2.45, 2.75) is 89.4 Å². The monoisotopic (exact) mass is 680 g/mol. The number of amides is 1. The van der Waals surface area contributed by atoms with Gasteiger partial charge in [-0.3, -0.25) is 9.69 Å². The average molecular weight is 681 g/mol. The van der Waals surface area contributed by atoms with E-state index in [2.05, 4.69) is 4.90 Å². The van der Waals surface area contributed by atoms with Crippen molar-refractivity contribution >= 4 is 11.9 Å². The van der Waals surface area contributed by atoms with Gasteiger partial charge in [0.25, 0.3) is 0 Å². The molecule has 10 nitrogen and oxygen atoms in total. The number of carbonyl (C=O) groups excluding carboxylic acids is 2. The summed E-state index contributed by atoms with van der Waals surface area (Å²) < 4.78 is 29.0. The number of hydrogen-bond acceptors (Lipinski definition) is 9. The molecule has 5 rings (SSSR count). The maximum Gasteiger partial charge on any atom is 0.329 e. The first kappa shape index (κ1) is 36.9. The van der Waals surface area contributed by atoms with Crippen LogP contribution in [0, 0.1) is 11.8 Å². The Morgan fingerprint density at radius 2 is 1.67 bits per heavy atom. The van der Waals surface area contributed by atoms with E-state index in [-0.39, 0.29) is 11.8 Å². The summed E-state index contributed by atoms with van der Waals surface area (Å²) in [5, 5.41) is 10.8. The first-order chi connectivity index (χ1) is 23.9. The molecule has 4 atom stereocenters. The fourth-order valence-corrected chi connectivity index (χ4v) is 7.70. The second-order valence-corrected chi connectivity index (χ2v) is 13.7. The zero-order valence-electron chi connectivity index (χ0n) is 29.6.